The summed E-state index contributed by atoms with van der Waals surface area (Å²) in [5, 5.41) is 0. The van der Waals surface area contributed by atoms with Gasteiger partial charge < -0.3 is 0 Å². The molecule has 0 saturated heterocycles. The highest BCUT2D eigenvalue weighted by atomic mass is 19.1. The van der Waals surface area contributed by atoms with Crippen LogP contribution in [0.4, 0.5) is 4.39 Å². The highest BCUT2D eigenvalue weighted by Crippen LogP contribution is 2.03. The van der Waals surface area contributed by atoms with Crippen molar-refractivity contribution in [1.82, 2.24) is 0 Å². The van der Waals surface area contributed by atoms with E-state index in [1.807, 2.05) is 19.1 Å². The predicted molar refractivity (Wildman–Crippen MR) is 39.1 cm³/mol. The van der Waals surface area contributed by atoms with Gasteiger partial charge in [-0.3, -0.25) is 0 Å². The second-order valence-corrected chi connectivity index (χ2v) is 2.05. The molecule has 0 aliphatic heterocycles. The van der Waals surface area contributed by atoms with E-state index in [0.717, 1.165) is 5.57 Å². The molecule has 0 bridgehead atoms. The summed E-state index contributed by atoms with van der Waals surface area (Å²) < 4.78 is 12.3. The van der Waals surface area contributed by atoms with E-state index in [4.69, 9.17) is 0 Å². The van der Waals surface area contributed by atoms with E-state index in [1.165, 1.54) is 6.92 Å². The van der Waals surface area contributed by atoms with Gasteiger partial charge in [-0.25, -0.2) is 4.39 Å². The molecule has 0 amide bonds. The number of allylic oxidation sites excluding steroid dienone is 4. The highest BCUT2D eigenvalue weighted by molar-refractivity contribution is 5.12. The fraction of sp³-hybridized carbons (Fsp3) is 0.500. The van der Waals surface area contributed by atoms with Crippen molar-refractivity contribution in [3.8, 4) is 0 Å². The van der Waals surface area contributed by atoms with Crippen molar-refractivity contribution in [2.45, 2.75) is 26.9 Å². The van der Waals surface area contributed by atoms with Crippen LogP contribution in [0.25, 0.3) is 0 Å². The minimum atomic E-state index is -0.818. The van der Waals surface area contributed by atoms with Gasteiger partial charge in [-0.15, -0.1) is 0 Å². The fourth-order valence-electron chi connectivity index (χ4n) is 0.381. The molecule has 0 aromatic rings. The zero-order valence-corrected chi connectivity index (χ0v) is 6.19. The smallest absolute Gasteiger partial charge is 0.118 e. The molecule has 1 unspecified atom stereocenters. The first kappa shape index (κ1) is 8.41. The van der Waals surface area contributed by atoms with Crippen LogP contribution in [0.15, 0.2) is 23.8 Å². The average molecular weight is 128 g/mol. The molecule has 0 radical (unpaired) electrons. The van der Waals surface area contributed by atoms with Crippen LogP contribution in [0, 0.1) is 0 Å². The third-order valence-electron chi connectivity index (χ3n) is 1.18. The summed E-state index contributed by atoms with van der Waals surface area (Å²) in [4.78, 5) is 0. The Labute approximate surface area is 56.1 Å². The first-order valence-electron chi connectivity index (χ1n) is 3.12. The van der Waals surface area contributed by atoms with Gasteiger partial charge in [-0.05, 0) is 26.3 Å². The van der Waals surface area contributed by atoms with Gasteiger partial charge in [0.25, 0.3) is 0 Å². The minimum Gasteiger partial charge on any atom is -0.243 e. The number of alkyl halides is 1. The van der Waals surface area contributed by atoms with Gasteiger partial charge in [0.15, 0.2) is 0 Å². The standard InChI is InChI=1S/C8H13F/c1-4-5-6-7(2)8(3)9/h4-6,8H,1-3H3/b5-4-,7-6-. The van der Waals surface area contributed by atoms with Gasteiger partial charge in [-0.1, -0.05) is 18.2 Å². The van der Waals surface area contributed by atoms with E-state index >= 15 is 0 Å². The van der Waals surface area contributed by atoms with Crippen molar-refractivity contribution in [3.63, 3.8) is 0 Å². The molecule has 0 N–H and O–H groups in total. The number of rotatable bonds is 2. The largest absolute Gasteiger partial charge is 0.243 e. The fourth-order valence-corrected chi connectivity index (χ4v) is 0.381. The van der Waals surface area contributed by atoms with Crippen LogP contribution in [0.1, 0.15) is 20.8 Å². The summed E-state index contributed by atoms with van der Waals surface area (Å²) in [5.74, 6) is 0. The molecule has 1 atom stereocenters. The van der Waals surface area contributed by atoms with Crippen LogP contribution in [0.2, 0.25) is 0 Å². The maximum absolute atomic E-state index is 12.3. The van der Waals surface area contributed by atoms with Crippen LogP contribution >= 0.6 is 0 Å². The van der Waals surface area contributed by atoms with Crippen LogP contribution < -0.4 is 0 Å². The SMILES string of the molecule is C/C=C\C=C(\C)C(C)F. The molecule has 0 aromatic carbocycles. The topological polar surface area (TPSA) is 0 Å². The van der Waals surface area contributed by atoms with Crippen molar-refractivity contribution in [2.24, 2.45) is 0 Å². The Morgan fingerprint density at radius 2 is 2.11 bits per heavy atom. The summed E-state index contributed by atoms with van der Waals surface area (Å²) in [6.45, 7) is 5.23. The predicted octanol–water partition coefficient (Wildman–Crippen LogP) is 2.87. The Morgan fingerprint density at radius 3 is 2.44 bits per heavy atom. The lowest BCUT2D eigenvalue weighted by Gasteiger charge is -1.97. The van der Waals surface area contributed by atoms with E-state index in [9.17, 15) is 4.39 Å². The molecule has 0 rings (SSSR count). The minimum absolute atomic E-state index is 0.771. The average Bonchev–Trinajstić information content (AvgIpc) is 1.82. The van der Waals surface area contributed by atoms with Gasteiger partial charge in [0.2, 0.25) is 0 Å². The zero-order chi connectivity index (χ0) is 7.28. The third kappa shape index (κ3) is 3.95. The first-order chi connectivity index (χ1) is 4.18. The van der Waals surface area contributed by atoms with Gasteiger partial charge in [-0.2, -0.15) is 0 Å². The lowest BCUT2D eigenvalue weighted by Crippen LogP contribution is -1.92. The molecule has 9 heavy (non-hydrogen) atoms. The molecule has 0 spiro atoms. The van der Waals surface area contributed by atoms with E-state index < -0.39 is 6.17 Å². The van der Waals surface area contributed by atoms with Crippen LogP contribution in [-0.2, 0) is 0 Å². The quantitative estimate of drug-likeness (QED) is 0.501. The molecule has 0 aromatic heterocycles. The highest BCUT2D eigenvalue weighted by Gasteiger charge is 1.96. The maximum atomic E-state index is 12.3. The van der Waals surface area contributed by atoms with Crippen molar-refractivity contribution < 1.29 is 4.39 Å². The van der Waals surface area contributed by atoms with Crippen molar-refractivity contribution in [3.05, 3.63) is 23.8 Å². The van der Waals surface area contributed by atoms with Crippen molar-refractivity contribution in [2.75, 3.05) is 0 Å². The molecule has 1 heteroatoms. The molecule has 0 fully saturated rings. The molecular weight excluding hydrogens is 115 g/mol. The van der Waals surface area contributed by atoms with Crippen molar-refractivity contribution in [1.29, 1.82) is 0 Å². The van der Waals surface area contributed by atoms with E-state index in [-0.39, 0.29) is 0 Å². The van der Waals surface area contributed by atoms with E-state index in [0.29, 0.717) is 0 Å². The Kier molecular flexibility index (Phi) is 4.02. The van der Waals surface area contributed by atoms with E-state index in [1.54, 1.807) is 13.0 Å². The molecule has 0 heterocycles. The number of halogens is 1. The first-order valence-corrected chi connectivity index (χ1v) is 3.12. The lowest BCUT2D eigenvalue weighted by molar-refractivity contribution is 0.411. The summed E-state index contributed by atoms with van der Waals surface area (Å²) in [5.41, 5.74) is 0.771. The second-order valence-electron chi connectivity index (χ2n) is 2.05. The lowest BCUT2D eigenvalue weighted by atomic mass is 10.2. The molecule has 0 saturated carbocycles. The molecular formula is C8H13F. The Hall–Kier alpha value is -0.590. The molecule has 52 valence electrons. The second kappa shape index (κ2) is 4.30. The zero-order valence-electron chi connectivity index (χ0n) is 6.19. The summed E-state index contributed by atoms with van der Waals surface area (Å²) in [7, 11) is 0. The summed E-state index contributed by atoms with van der Waals surface area (Å²) in [6.07, 6.45) is 4.68. The van der Waals surface area contributed by atoms with Gasteiger partial charge in [0.1, 0.15) is 6.17 Å². The normalized spacial score (nSPS) is 16.7. The third-order valence-corrected chi connectivity index (χ3v) is 1.18. The maximum Gasteiger partial charge on any atom is 0.118 e. The summed E-state index contributed by atoms with van der Waals surface area (Å²) >= 11 is 0. The Bertz CT molecular complexity index is 121. The van der Waals surface area contributed by atoms with Crippen LogP contribution in [0.3, 0.4) is 0 Å². The van der Waals surface area contributed by atoms with E-state index in [2.05, 4.69) is 0 Å². The monoisotopic (exact) mass is 128 g/mol. The summed E-state index contributed by atoms with van der Waals surface area (Å²) in [6, 6.07) is 0. The van der Waals surface area contributed by atoms with Crippen LogP contribution in [-0.4, -0.2) is 6.17 Å². The number of hydrogen-bond acceptors (Lipinski definition) is 0. The van der Waals surface area contributed by atoms with Crippen molar-refractivity contribution >= 4 is 0 Å². The molecule has 0 aliphatic carbocycles. The van der Waals surface area contributed by atoms with Gasteiger partial charge in [0, 0.05) is 0 Å². The van der Waals surface area contributed by atoms with Crippen LogP contribution in [0.5, 0.6) is 0 Å². The molecule has 0 aliphatic rings. The Morgan fingerprint density at radius 1 is 1.56 bits per heavy atom. The molecule has 0 nitrogen and oxygen atoms in total. The Balaban J connectivity index is 3.84. The van der Waals surface area contributed by atoms with Gasteiger partial charge in [0.05, 0.1) is 0 Å². The number of hydrogen-bond donors (Lipinski definition) is 0. The van der Waals surface area contributed by atoms with Gasteiger partial charge >= 0.3 is 0 Å².